The van der Waals surface area contributed by atoms with Crippen molar-refractivity contribution in [2.24, 2.45) is 11.3 Å². The van der Waals surface area contributed by atoms with E-state index in [2.05, 4.69) is 28.0 Å². The zero-order valence-corrected chi connectivity index (χ0v) is 15.9. The van der Waals surface area contributed by atoms with Gasteiger partial charge in [0.25, 0.3) is 0 Å². The molecular formula is C20H32N4O2. The fourth-order valence-corrected chi connectivity index (χ4v) is 5.13. The molecule has 3 aliphatic rings. The predicted octanol–water partition coefficient (Wildman–Crippen LogP) is 2.23. The van der Waals surface area contributed by atoms with Crippen LogP contribution >= 0.6 is 0 Å². The molecule has 0 unspecified atom stereocenters. The van der Waals surface area contributed by atoms with Crippen LogP contribution in [0.4, 0.5) is 0 Å². The van der Waals surface area contributed by atoms with E-state index in [1.54, 1.807) is 0 Å². The molecule has 3 heterocycles. The Morgan fingerprint density at radius 1 is 1.31 bits per heavy atom. The lowest BCUT2D eigenvalue weighted by Crippen LogP contribution is -2.64. The molecule has 1 saturated carbocycles. The first-order valence-corrected chi connectivity index (χ1v) is 10.3. The van der Waals surface area contributed by atoms with E-state index in [1.807, 2.05) is 10.9 Å². The van der Waals surface area contributed by atoms with Gasteiger partial charge in [0.2, 0.25) is 0 Å². The first-order valence-electron chi connectivity index (χ1n) is 10.3. The topological polar surface area (TPSA) is 61.6 Å². The lowest BCUT2D eigenvalue weighted by Gasteiger charge is -2.53. The van der Waals surface area contributed by atoms with Gasteiger partial charge in [-0.25, -0.2) is 0 Å². The Bertz CT molecular complexity index is 642. The van der Waals surface area contributed by atoms with Gasteiger partial charge in [0.15, 0.2) is 0 Å². The maximum atomic E-state index is 12.3. The Balaban J connectivity index is 1.39. The number of rotatable bonds is 7. The highest BCUT2D eigenvalue weighted by Gasteiger charge is 2.53. The number of nitrogens with zero attached hydrogens (tertiary/aromatic N) is 4. The van der Waals surface area contributed by atoms with E-state index < -0.39 is 11.4 Å². The van der Waals surface area contributed by atoms with Gasteiger partial charge in [0.05, 0.1) is 11.6 Å². The van der Waals surface area contributed by atoms with Gasteiger partial charge in [-0.2, -0.15) is 5.10 Å². The third kappa shape index (κ3) is 3.67. The molecule has 0 aromatic carbocycles. The van der Waals surface area contributed by atoms with Crippen molar-refractivity contribution < 1.29 is 9.90 Å². The molecular weight excluding hydrogens is 328 g/mol. The molecule has 1 aliphatic carbocycles. The van der Waals surface area contributed by atoms with Crippen molar-refractivity contribution in [1.82, 2.24) is 19.6 Å². The third-order valence-electron chi connectivity index (χ3n) is 6.61. The molecule has 2 aliphatic heterocycles. The average molecular weight is 361 g/mol. The minimum Gasteiger partial charge on any atom is -0.481 e. The summed E-state index contributed by atoms with van der Waals surface area (Å²) in [5.74, 6) is 0.255. The molecule has 2 atom stereocenters. The van der Waals surface area contributed by atoms with E-state index in [0.717, 1.165) is 70.9 Å². The Kier molecular flexibility index (Phi) is 5.06. The third-order valence-corrected chi connectivity index (χ3v) is 6.61. The van der Waals surface area contributed by atoms with Crippen molar-refractivity contribution in [3.8, 4) is 0 Å². The molecule has 2 saturated heterocycles. The van der Waals surface area contributed by atoms with Gasteiger partial charge in [0, 0.05) is 38.4 Å². The van der Waals surface area contributed by atoms with Crippen molar-refractivity contribution >= 4 is 5.97 Å². The summed E-state index contributed by atoms with van der Waals surface area (Å²) in [6.07, 6.45) is 10.5. The lowest BCUT2D eigenvalue weighted by atomic mass is 9.69. The summed E-state index contributed by atoms with van der Waals surface area (Å²) in [6.45, 7) is 7.90. The second-order valence-corrected chi connectivity index (χ2v) is 8.72. The van der Waals surface area contributed by atoms with E-state index in [4.69, 9.17) is 0 Å². The summed E-state index contributed by atoms with van der Waals surface area (Å²) >= 11 is 0. The van der Waals surface area contributed by atoms with Crippen LogP contribution in [0.5, 0.6) is 0 Å². The van der Waals surface area contributed by atoms with Crippen LogP contribution in [0.15, 0.2) is 12.4 Å². The maximum absolute atomic E-state index is 12.3. The van der Waals surface area contributed by atoms with Gasteiger partial charge in [-0.3, -0.25) is 14.4 Å². The summed E-state index contributed by atoms with van der Waals surface area (Å²) < 4.78 is 2.00. The van der Waals surface area contributed by atoms with Gasteiger partial charge in [-0.05, 0) is 70.0 Å². The number of carboxylic acids is 1. The Morgan fingerprint density at radius 2 is 2.15 bits per heavy atom. The van der Waals surface area contributed by atoms with Crippen molar-refractivity contribution in [3.05, 3.63) is 18.0 Å². The number of carbonyl (C=O) groups is 1. The fourth-order valence-electron chi connectivity index (χ4n) is 5.13. The summed E-state index contributed by atoms with van der Waals surface area (Å²) in [7, 11) is 0. The average Bonchev–Trinajstić information content (AvgIpc) is 3.34. The SMILES string of the molecule is Cc1cnn(CCCN2CCC[C@]3(C(=O)O)CN(CC4CC4)CC[C@@H]23)c1. The molecule has 26 heavy (non-hydrogen) atoms. The highest BCUT2D eigenvalue weighted by Crippen LogP contribution is 2.43. The number of carboxylic acid groups (broad SMARTS) is 1. The van der Waals surface area contributed by atoms with E-state index in [9.17, 15) is 9.90 Å². The Morgan fingerprint density at radius 3 is 2.85 bits per heavy atom. The first kappa shape index (κ1) is 18.0. The standard InChI is InChI=1S/C20H32N4O2/c1-16-12-21-24(13-16)10-3-9-23-8-2-7-20(19(25)26)15-22(11-6-18(20)23)14-17-4-5-17/h12-13,17-18H,2-11,14-15H2,1H3,(H,25,26)/t18-,20+/m1/s1. The molecule has 0 amide bonds. The van der Waals surface area contributed by atoms with Crippen molar-refractivity contribution in [2.75, 3.05) is 32.7 Å². The molecule has 3 fully saturated rings. The minimum absolute atomic E-state index is 0.198. The molecule has 0 radical (unpaired) electrons. The summed E-state index contributed by atoms with van der Waals surface area (Å²) in [5, 5.41) is 14.5. The smallest absolute Gasteiger partial charge is 0.312 e. The van der Waals surface area contributed by atoms with Crippen molar-refractivity contribution in [2.45, 2.75) is 58.0 Å². The number of hydrogen-bond acceptors (Lipinski definition) is 4. The second-order valence-electron chi connectivity index (χ2n) is 8.72. The fraction of sp³-hybridized carbons (Fsp3) is 0.800. The van der Waals surface area contributed by atoms with Crippen LogP contribution in [-0.4, -0.2) is 69.4 Å². The quantitative estimate of drug-likeness (QED) is 0.808. The first-order chi connectivity index (χ1) is 12.6. The van der Waals surface area contributed by atoms with Crippen LogP contribution in [0, 0.1) is 18.3 Å². The van der Waals surface area contributed by atoms with Gasteiger partial charge in [0.1, 0.15) is 0 Å². The van der Waals surface area contributed by atoms with Crippen LogP contribution in [-0.2, 0) is 11.3 Å². The zero-order chi connectivity index (χ0) is 18.1. The predicted molar refractivity (Wildman–Crippen MR) is 100 cm³/mol. The highest BCUT2D eigenvalue weighted by molar-refractivity contribution is 5.76. The van der Waals surface area contributed by atoms with E-state index in [0.29, 0.717) is 0 Å². The molecule has 1 N–H and O–H groups in total. The number of aromatic nitrogens is 2. The summed E-state index contributed by atoms with van der Waals surface area (Å²) in [4.78, 5) is 17.3. The zero-order valence-electron chi connectivity index (χ0n) is 15.9. The minimum atomic E-state index is -0.574. The molecule has 1 aromatic heterocycles. The van der Waals surface area contributed by atoms with Crippen LogP contribution < -0.4 is 0 Å². The molecule has 0 bridgehead atoms. The van der Waals surface area contributed by atoms with Crippen molar-refractivity contribution in [1.29, 1.82) is 0 Å². The monoisotopic (exact) mass is 360 g/mol. The van der Waals surface area contributed by atoms with Gasteiger partial charge >= 0.3 is 5.97 Å². The maximum Gasteiger partial charge on any atom is 0.312 e. The Hall–Kier alpha value is -1.40. The van der Waals surface area contributed by atoms with Crippen LogP contribution in [0.25, 0.3) is 0 Å². The van der Waals surface area contributed by atoms with Crippen LogP contribution in [0.1, 0.15) is 44.1 Å². The van der Waals surface area contributed by atoms with E-state index in [-0.39, 0.29) is 6.04 Å². The molecule has 0 spiro atoms. The molecule has 6 heteroatoms. The lowest BCUT2D eigenvalue weighted by molar-refractivity contribution is -0.164. The number of piperidine rings is 2. The Labute approximate surface area is 156 Å². The molecule has 144 valence electrons. The van der Waals surface area contributed by atoms with Crippen molar-refractivity contribution in [3.63, 3.8) is 0 Å². The number of likely N-dealkylation sites (tertiary alicyclic amines) is 2. The van der Waals surface area contributed by atoms with E-state index >= 15 is 0 Å². The highest BCUT2D eigenvalue weighted by atomic mass is 16.4. The van der Waals surface area contributed by atoms with E-state index in [1.165, 1.54) is 18.4 Å². The van der Waals surface area contributed by atoms with Crippen LogP contribution in [0.3, 0.4) is 0 Å². The molecule has 6 nitrogen and oxygen atoms in total. The number of aryl methyl sites for hydroxylation is 2. The molecule has 1 aromatic rings. The number of aliphatic carboxylic acids is 1. The molecule has 4 rings (SSSR count). The number of hydrogen-bond donors (Lipinski definition) is 1. The largest absolute Gasteiger partial charge is 0.481 e. The number of fused-ring (bicyclic) bond motifs is 1. The normalized spacial score (nSPS) is 30.3. The van der Waals surface area contributed by atoms with Gasteiger partial charge in [-0.15, -0.1) is 0 Å². The second kappa shape index (κ2) is 7.31. The summed E-state index contributed by atoms with van der Waals surface area (Å²) in [6, 6.07) is 0.198. The summed E-state index contributed by atoms with van der Waals surface area (Å²) in [5.41, 5.74) is 0.629. The van der Waals surface area contributed by atoms with Crippen LogP contribution in [0.2, 0.25) is 0 Å². The van der Waals surface area contributed by atoms with Gasteiger partial charge < -0.3 is 10.0 Å². The van der Waals surface area contributed by atoms with Gasteiger partial charge in [-0.1, -0.05) is 0 Å².